The van der Waals surface area contributed by atoms with Crippen molar-refractivity contribution in [2.24, 2.45) is 0 Å². The van der Waals surface area contributed by atoms with Gasteiger partial charge in [0.15, 0.2) is 0 Å². The van der Waals surface area contributed by atoms with Gasteiger partial charge in [0, 0.05) is 18.1 Å². The Hall–Kier alpha value is -0.680. The molecule has 0 amide bonds. The topological polar surface area (TPSA) is 24.9 Å². The lowest BCUT2D eigenvalue weighted by atomic mass is 10.2. The molecule has 0 aliphatic carbocycles. The second-order valence-electron chi connectivity index (χ2n) is 3.93. The quantitative estimate of drug-likeness (QED) is 0.806. The van der Waals surface area contributed by atoms with E-state index in [1.165, 1.54) is 0 Å². The molecular formula is C11H13Cl2F3N2. The zero-order valence-electron chi connectivity index (χ0n) is 9.69. The SMILES string of the molecule is CC(CCCCl)Nc1ncc(C(F)(F)F)cc1Cl. The summed E-state index contributed by atoms with van der Waals surface area (Å²) in [5.74, 6) is 0.798. The molecule has 0 saturated heterocycles. The summed E-state index contributed by atoms with van der Waals surface area (Å²) < 4.78 is 37.2. The number of aromatic nitrogens is 1. The Morgan fingerprint density at radius 3 is 2.61 bits per heavy atom. The predicted octanol–water partition coefficient (Wildman–Crippen LogP) is 4.57. The van der Waals surface area contributed by atoms with Gasteiger partial charge >= 0.3 is 6.18 Å². The van der Waals surface area contributed by atoms with Gasteiger partial charge in [0.1, 0.15) is 5.82 Å². The molecule has 0 spiro atoms. The van der Waals surface area contributed by atoms with E-state index in [2.05, 4.69) is 10.3 Å². The Kier molecular flexibility index (Phi) is 5.53. The molecule has 0 saturated carbocycles. The molecule has 2 nitrogen and oxygen atoms in total. The first-order valence-corrected chi connectivity index (χ1v) is 6.31. The van der Waals surface area contributed by atoms with Crippen LogP contribution in [0.1, 0.15) is 25.3 Å². The molecule has 1 heterocycles. The Morgan fingerprint density at radius 1 is 1.44 bits per heavy atom. The number of hydrogen-bond donors (Lipinski definition) is 1. The molecule has 7 heteroatoms. The highest BCUT2D eigenvalue weighted by molar-refractivity contribution is 6.33. The summed E-state index contributed by atoms with van der Waals surface area (Å²) in [6.07, 6.45) is -2.06. The molecule has 0 radical (unpaired) electrons. The number of alkyl halides is 4. The van der Waals surface area contributed by atoms with E-state index in [1.807, 2.05) is 6.92 Å². The van der Waals surface area contributed by atoms with Crippen molar-refractivity contribution in [1.29, 1.82) is 0 Å². The van der Waals surface area contributed by atoms with Crippen LogP contribution in [0.2, 0.25) is 5.02 Å². The van der Waals surface area contributed by atoms with E-state index in [4.69, 9.17) is 23.2 Å². The van der Waals surface area contributed by atoms with Gasteiger partial charge in [-0.15, -0.1) is 11.6 Å². The average Bonchev–Trinajstić information content (AvgIpc) is 2.27. The Bertz CT molecular complexity index is 396. The van der Waals surface area contributed by atoms with Crippen molar-refractivity contribution >= 4 is 29.0 Å². The standard InChI is InChI=1S/C11H13Cl2F3N2/c1-7(3-2-4-12)18-10-9(13)5-8(6-17-10)11(14,15)16/h5-7H,2-4H2,1H3,(H,17,18). The van der Waals surface area contributed by atoms with Gasteiger partial charge in [-0.1, -0.05) is 11.6 Å². The summed E-state index contributed by atoms with van der Waals surface area (Å²) in [5, 5.41) is 2.92. The monoisotopic (exact) mass is 300 g/mol. The van der Waals surface area contributed by atoms with Crippen molar-refractivity contribution in [2.45, 2.75) is 32.0 Å². The Balaban J connectivity index is 2.74. The lowest BCUT2D eigenvalue weighted by molar-refractivity contribution is -0.137. The summed E-state index contributed by atoms with van der Waals surface area (Å²) in [5.41, 5.74) is -0.855. The van der Waals surface area contributed by atoms with E-state index in [-0.39, 0.29) is 16.9 Å². The third-order valence-corrected chi connectivity index (χ3v) is 2.88. The minimum absolute atomic E-state index is 0.0393. The molecule has 1 N–H and O–H groups in total. The van der Waals surface area contributed by atoms with Crippen molar-refractivity contribution in [1.82, 2.24) is 4.98 Å². The fourth-order valence-corrected chi connectivity index (χ4v) is 1.76. The lowest BCUT2D eigenvalue weighted by Gasteiger charge is -2.15. The van der Waals surface area contributed by atoms with Crippen LogP contribution in [0.25, 0.3) is 0 Å². The summed E-state index contributed by atoms with van der Waals surface area (Å²) in [6.45, 7) is 1.89. The first kappa shape index (κ1) is 15.4. The van der Waals surface area contributed by atoms with E-state index in [0.717, 1.165) is 25.1 Å². The van der Waals surface area contributed by atoms with E-state index in [9.17, 15) is 13.2 Å². The highest BCUT2D eigenvalue weighted by Crippen LogP contribution is 2.32. The van der Waals surface area contributed by atoms with Crippen LogP contribution in [0.15, 0.2) is 12.3 Å². The zero-order chi connectivity index (χ0) is 13.8. The third-order valence-electron chi connectivity index (χ3n) is 2.32. The molecule has 1 aromatic rings. The molecule has 18 heavy (non-hydrogen) atoms. The third kappa shape index (κ3) is 4.53. The fraction of sp³-hybridized carbons (Fsp3) is 0.545. The summed E-state index contributed by atoms with van der Waals surface area (Å²) >= 11 is 11.3. The van der Waals surface area contributed by atoms with Crippen molar-refractivity contribution in [2.75, 3.05) is 11.2 Å². The summed E-state index contributed by atoms with van der Waals surface area (Å²) in [7, 11) is 0. The molecule has 0 fully saturated rings. The molecule has 0 bridgehead atoms. The van der Waals surface area contributed by atoms with Crippen LogP contribution in [0.5, 0.6) is 0 Å². The Labute approximate surface area is 113 Å². The molecule has 1 aromatic heterocycles. The average molecular weight is 301 g/mol. The van der Waals surface area contributed by atoms with Gasteiger partial charge in [0.25, 0.3) is 0 Å². The zero-order valence-corrected chi connectivity index (χ0v) is 11.2. The number of rotatable bonds is 5. The highest BCUT2D eigenvalue weighted by Gasteiger charge is 2.31. The number of pyridine rings is 1. The van der Waals surface area contributed by atoms with Crippen LogP contribution in [0, 0.1) is 0 Å². The van der Waals surface area contributed by atoms with Gasteiger partial charge in [-0.2, -0.15) is 13.2 Å². The second kappa shape index (κ2) is 6.48. The molecule has 0 aliphatic rings. The van der Waals surface area contributed by atoms with Crippen LogP contribution in [-0.2, 0) is 6.18 Å². The van der Waals surface area contributed by atoms with Crippen molar-refractivity contribution < 1.29 is 13.2 Å². The largest absolute Gasteiger partial charge is 0.417 e. The first-order chi connectivity index (χ1) is 8.34. The molecule has 0 aromatic carbocycles. The van der Waals surface area contributed by atoms with Gasteiger partial charge in [0.2, 0.25) is 0 Å². The molecule has 1 unspecified atom stereocenters. The van der Waals surface area contributed by atoms with E-state index in [1.54, 1.807) is 0 Å². The Morgan fingerprint density at radius 2 is 2.11 bits per heavy atom. The first-order valence-electron chi connectivity index (χ1n) is 5.40. The van der Waals surface area contributed by atoms with E-state index >= 15 is 0 Å². The predicted molar refractivity (Wildman–Crippen MR) is 67.3 cm³/mol. The van der Waals surface area contributed by atoms with Gasteiger partial charge in [-0.3, -0.25) is 0 Å². The maximum absolute atomic E-state index is 12.4. The van der Waals surface area contributed by atoms with Crippen molar-refractivity contribution in [3.8, 4) is 0 Å². The second-order valence-corrected chi connectivity index (χ2v) is 4.71. The van der Waals surface area contributed by atoms with Gasteiger partial charge in [0.05, 0.1) is 10.6 Å². The van der Waals surface area contributed by atoms with Crippen LogP contribution < -0.4 is 5.32 Å². The minimum Gasteiger partial charge on any atom is -0.366 e. The minimum atomic E-state index is -4.43. The summed E-state index contributed by atoms with van der Waals surface area (Å²) in [6, 6.07) is 0.913. The van der Waals surface area contributed by atoms with Crippen molar-refractivity contribution in [3.63, 3.8) is 0 Å². The van der Waals surface area contributed by atoms with E-state index < -0.39 is 11.7 Å². The molecular weight excluding hydrogens is 288 g/mol. The number of halogens is 5. The normalized spacial score (nSPS) is 13.4. The lowest BCUT2D eigenvalue weighted by Crippen LogP contribution is -2.17. The maximum Gasteiger partial charge on any atom is 0.417 e. The maximum atomic E-state index is 12.4. The number of anilines is 1. The van der Waals surface area contributed by atoms with Gasteiger partial charge in [-0.05, 0) is 25.8 Å². The molecule has 0 aliphatic heterocycles. The fourth-order valence-electron chi connectivity index (χ4n) is 1.39. The van der Waals surface area contributed by atoms with Crippen molar-refractivity contribution in [3.05, 3.63) is 22.8 Å². The van der Waals surface area contributed by atoms with E-state index in [0.29, 0.717) is 5.88 Å². The van der Waals surface area contributed by atoms with Gasteiger partial charge in [-0.25, -0.2) is 4.98 Å². The van der Waals surface area contributed by atoms with Crippen LogP contribution in [-0.4, -0.2) is 16.9 Å². The number of hydrogen-bond acceptors (Lipinski definition) is 2. The molecule has 102 valence electrons. The smallest absolute Gasteiger partial charge is 0.366 e. The molecule has 1 rings (SSSR count). The van der Waals surface area contributed by atoms with Crippen LogP contribution in [0.4, 0.5) is 19.0 Å². The highest BCUT2D eigenvalue weighted by atomic mass is 35.5. The van der Waals surface area contributed by atoms with Gasteiger partial charge < -0.3 is 5.32 Å². The number of nitrogens with zero attached hydrogens (tertiary/aromatic N) is 1. The number of nitrogens with one attached hydrogen (secondary N) is 1. The molecule has 1 atom stereocenters. The van der Waals surface area contributed by atoms with Crippen LogP contribution in [0.3, 0.4) is 0 Å². The van der Waals surface area contributed by atoms with Crippen LogP contribution >= 0.6 is 23.2 Å². The summed E-state index contributed by atoms with van der Waals surface area (Å²) in [4.78, 5) is 3.70.